The molecule has 0 aliphatic carbocycles. The van der Waals surface area contributed by atoms with Crippen molar-refractivity contribution in [3.63, 3.8) is 0 Å². The van der Waals surface area contributed by atoms with Crippen LogP contribution in [-0.2, 0) is 12.8 Å². The van der Waals surface area contributed by atoms with E-state index >= 15 is 0 Å². The van der Waals surface area contributed by atoms with Crippen molar-refractivity contribution in [2.24, 2.45) is 0 Å². The minimum Gasteiger partial charge on any atom is -0.457 e. The Morgan fingerprint density at radius 1 is 0.316 bits per heavy atom. The molecule has 0 aromatic heterocycles. The average Bonchev–Trinajstić information content (AvgIpc) is 3.25. The summed E-state index contributed by atoms with van der Waals surface area (Å²) in [4.78, 5) is 6.27. The minimum absolute atomic E-state index is 0.805. The van der Waals surface area contributed by atoms with E-state index in [1.165, 1.54) is 52.3 Å². The first kappa shape index (κ1) is 38.3. The molecule has 0 fully saturated rings. The lowest BCUT2D eigenvalue weighted by molar-refractivity contribution is 0.482. The fraction of sp³-hybridized carbons (Fsp3) is 0.0769. The van der Waals surface area contributed by atoms with E-state index in [-0.39, 0.29) is 0 Å². The molecule has 0 bridgehead atoms. The van der Waals surface area contributed by atoms with Crippen LogP contribution in [0.15, 0.2) is 219 Å². The van der Waals surface area contributed by atoms with E-state index in [9.17, 15) is 0 Å². The van der Waals surface area contributed by atoms with Crippen molar-refractivity contribution in [3.05, 3.63) is 222 Å². The van der Waals surface area contributed by atoms with Crippen molar-refractivity contribution in [1.29, 1.82) is 0 Å². The zero-order valence-electron chi connectivity index (χ0n) is 31.9. The number of rotatable bonds is 14. The van der Waals surface area contributed by atoms with Gasteiger partial charge in [0.2, 0.25) is 0 Å². The smallest absolute Gasteiger partial charge is 0.127 e. The molecular formula is C52H42O2S3. The van der Waals surface area contributed by atoms with Gasteiger partial charge >= 0.3 is 0 Å². The summed E-state index contributed by atoms with van der Waals surface area (Å²) in [6.07, 6.45) is 3.89. The van der Waals surface area contributed by atoms with Gasteiger partial charge in [-0.25, -0.2) is 0 Å². The van der Waals surface area contributed by atoms with Gasteiger partial charge in [-0.15, -0.1) is 11.8 Å². The van der Waals surface area contributed by atoms with Crippen molar-refractivity contribution in [2.45, 2.75) is 44.2 Å². The van der Waals surface area contributed by atoms with E-state index in [0.29, 0.717) is 0 Å². The van der Waals surface area contributed by atoms with Gasteiger partial charge in [-0.1, -0.05) is 114 Å². The first-order valence-corrected chi connectivity index (χ1v) is 21.8. The lowest BCUT2D eigenvalue weighted by atomic mass is 10.0. The number of hydrogen-bond donors (Lipinski definition) is 0. The van der Waals surface area contributed by atoms with E-state index < -0.39 is 0 Å². The Kier molecular flexibility index (Phi) is 12.5. The van der Waals surface area contributed by atoms with E-state index in [1.807, 2.05) is 48.5 Å². The first-order chi connectivity index (χ1) is 28.0. The molecule has 5 heteroatoms. The van der Waals surface area contributed by atoms with Crippen LogP contribution in [0.4, 0.5) is 0 Å². The molecule has 0 heterocycles. The molecule has 0 aliphatic rings. The summed E-state index contributed by atoms with van der Waals surface area (Å²) in [6.45, 7) is 2.12. The van der Waals surface area contributed by atoms with Gasteiger partial charge in [0, 0.05) is 24.5 Å². The molecule has 280 valence electrons. The first-order valence-electron chi connectivity index (χ1n) is 19.0. The maximum absolute atomic E-state index is 6.20. The third-order valence-corrected chi connectivity index (χ3v) is 12.4. The van der Waals surface area contributed by atoms with Gasteiger partial charge < -0.3 is 9.47 Å². The summed E-state index contributed by atoms with van der Waals surface area (Å²) < 4.78 is 12.3. The largest absolute Gasteiger partial charge is 0.457 e. The van der Waals surface area contributed by atoms with E-state index in [4.69, 9.17) is 9.47 Å². The molecule has 0 spiro atoms. The predicted molar refractivity (Wildman–Crippen MR) is 241 cm³/mol. The molecule has 8 aromatic rings. The predicted octanol–water partition coefficient (Wildman–Crippen LogP) is 15.5. The minimum atomic E-state index is 0.805. The van der Waals surface area contributed by atoms with Crippen LogP contribution in [0.25, 0.3) is 11.1 Å². The standard InChI is InChI=1S/C52H42O2S3/c1-37-3-5-38(6-4-37)35-39-7-17-44(18-8-39)53-46-21-13-42(14-22-46)43-15-23-47(24-16-43)54-45-19-9-40(10-20-45)36-41-11-25-49(26-12-41)56-51-31-33-52(34-32-51)57-50-29-27-48(55-2)28-30-50/h3-34H,35-36H2,1-2H3. The molecule has 0 saturated heterocycles. The number of ether oxygens (including phenoxy) is 2. The summed E-state index contributed by atoms with van der Waals surface area (Å²) in [5.74, 6) is 3.26. The Balaban J connectivity index is 0.791. The van der Waals surface area contributed by atoms with Gasteiger partial charge in [0.05, 0.1) is 0 Å². The highest BCUT2D eigenvalue weighted by atomic mass is 32.2. The molecule has 0 radical (unpaired) electrons. The van der Waals surface area contributed by atoms with Crippen LogP contribution in [0.1, 0.15) is 27.8 Å². The van der Waals surface area contributed by atoms with Crippen LogP contribution in [0.5, 0.6) is 23.0 Å². The molecule has 0 unspecified atom stereocenters. The Bertz CT molecular complexity index is 2480. The summed E-state index contributed by atoms with van der Waals surface area (Å²) in [5.41, 5.74) is 8.63. The molecular weight excluding hydrogens is 753 g/mol. The highest BCUT2D eigenvalue weighted by molar-refractivity contribution is 8.00. The van der Waals surface area contributed by atoms with Gasteiger partial charge in [0.1, 0.15) is 23.0 Å². The summed E-state index contributed by atoms with van der Waals surface area (Å²) in [6, 6.07) is 68.3. The van der Waals surface area contributed by atoms with Crippen molar-refractivity contribution in [2.75, 3.05) is 6.26 Å². The normalized spacial score (nSPS) is 11.0. The second-order valence-corrected chi connectivity index (χ2v) is 17.0. The number of benzene rings is 8. The second kappa shape index (κ2) is 18.6. The van der Waals surface area contributed by atoms with E-state index in [0.717, 1.165) is 47.0 Å². The molecule has 57 heavy (non-hydrogen) atoms. The Morgan fingerprint density at radius 3 is 0.912 bits per heavy atom. The SMILES string of the molecule is CSc1ccc(Sc2ccc(Sc3ccc(Cc4ccc(Oc5ccc(-c6ccc(Oc7ccc(Cc8ccc(C)cc8)cc7)cc6)cc5)cc4)cc3)cc2)cc1. The summed E-state index contributed by atoms with van der Waals surface area (Å²) in [5, 5.41) is 0. The summed E-state index contributed by atoms with van der Waals surface area (Å²) >= 11 is 5.36. The monoisotopic (exact) mass is 794 g/mol. The molecule has 0 saturated carbocycles. The van der Waals surface area contributed by atoms with Crippen molar-refractivity contribution in [1.82, 2.24) is 0 Å². The van der Waals surface area contributed by atoms with Crippen molar-refractivity contribution in [3.8, 4) is 34.1 Å². The third-order valence-electron chi connectivity index (χ3n) is 9.58. The quantitative estimate of drug-likeness (QED) is 0.102. The maximum Gasteiger partial charge on any atom is 0.127 e. The third kappa shape index (κ3) is 10.8. The van der Waals surface area contributed by atoms with Crippen LogP contribution in [0.2, 0.25) is 0 Å². The fourth-order valence-electron chi connectivity index (χ4n) is 6.40. The van der Waals surface area contributed by atoms with Gasteiger partial charge in [0.25, 0.3) is 0 Å². The lowest BCUT2D eigenvalue weighted by Crippen LogP contribution is -1.90. The summed E-state index contributed by atoms with van der Waals surface area (Å²) in [7, 11) is 0. The second-order valence-electron chi connectivity index (χ2n) is 13.9. The van der Waals surface area contributed by atoms with Crippen LogP contribution in [-0.4, -0.2) is 6.26 Å². The van der Waals surface area contributed by atoms with Gasteiger partial charge in [-0.3, -0.25) is 0 Å². The topological polar surface area (TPSA) is 18.5 Å². The highest BCUT2D eigenvalue weighted by Gasteiger charge is 2.06. The average molecular weight is 795 g/mol. The van der Waals surface area contributed by atoms with Gasteiger partial charge in [-0.2, -0.15) is 0 Å². The van der Waals surface area contributed by atoms with Gasteiger partial charge in [0.15, 0.2) is 0 Å². The molecule has 8 aromatic carbocycles. The van der Waals surface area contributed by atoms with E-state index in [2.05, 4.69) is 159 Å². The maximum atomic E-state index is 6.20. The number of aryl methyl sites for hydroxylation is 1. The van der Waals surface area contributed by atoms with Crippen LogP contribution < -0.4 is 9.47 Å². The molecule has 2 nitrogen and oxygen atoms in total. The molecule has 0 amide bonds. The van der Waals surface area contributed by atoms with Crippen LogP contribution in [0, 0.1) is 6.92 Å². The van der Waals surface area contributed by atoms with Crippen molar-refractivity contribution < 1.29 is 9.47 Å². The number of hydrogen-bond acceptors (Lipinski definition) is 5. The lowest BCUT2D eigenvalue weighted by Gasteiger charge is -2.10. The number of thioether (sulfide) groups is 1. The van der Waals surface area contributed by atoms with Crippen LogP contribution >= 0.6 is 35.3 Å². The fourth-order valence-corrected chi connectivity index (χ4v) is 8.44. The highest BCUT2D eigenvalue weighted by Crippen LogP contribution is 2.34. The van der Waals surface area contributed by atoms with Gasteiger partial charge in [-0.05, 0) is 169 Å². The molecule has 0 aliphatic heterocycles. The Hall–Kier alpha value is -5.59. The Morgan fingerprint density at radius 2 is 0.579 bits per heavy atom. The Labute approximate surface area is 349 Å². The van der Waals surface area contributed by atoms with E-state index in [1.54, 1.807) is 35.3 Å². The van der Waals surface area contributed by atoms with Crippen molar-refractivity contribution >= 4 is 35.3 Å². The molecule has 0 N–H and O–H groups in total. The zero-order chi connectivity index (χ0) is 38.8. The molecule has 8 rings (SSSR count). The van der Waals surface area contributed by atoms with Crippen LogP contribution in [0.3, 0.4) is 0 Å². The molecule has 0 atom stereocenters. The zero-order valence-corrected chi connectivity index (χ0v) is 34.4.